The number of fused-ring (bicyclic) bond motifs is 1. The zero-order valence-corrected chi connectivity index (χ0v) is 18.1. The molecule has 0 saturated carbocycles. The van der Waals surface area contributed by atoms with Crippen molar-refractivity contribution >= 4 is 27.5 Å². The Kier molecular flexibility index (Phi) is 5.72. The average molecular weight is 484 g/mol. The molecule has 0 spiro atoms. The van der Waals surface area contributed by atoms with Crippen LogP contribution in [0, 0.1) is 0 Å². The maximum Gasteiger partial charge on any atom is 0.351 e. The van der Waals surface area contributed by atoms with Crippen LogP contribution in [0.15, 0.2) is 75.0 Å². The van der Waals surface area contributed by atoms with Gasteiger partial charge in [-0.15, -0.1) is 5.10 Å². The second-order valence-corrected chi connectivity index (χ2v) is 7.62. The molecule has 0 aliphatic carbocycles. The van der Waals surface area contributed by atoms with Gasteiger partial charge in [0, 0.05) is 29.1 Å². The second-order valence-electron chi connectivity index (χ2n) is 6.71. The molecule has 4 rings (SSSR count). The SMILES string of the molecule is COc1ccc(CNC(=O)Cn2nc3c(=O)n(-c4ccc(Br)cc4)ccn3c2=O)cc1. The van der Waals surface area contributed by atoms with Crippen LogP contribution in [-0.2, 0) is 17.9 Å². The van der Waals surface area contributed by atoms with Crippen molar-refractivity contribution in [1.82, 2.24) is 24.1 Å². The summed E-state index contributed by atoms with van der Waals surface area (Å²) in [5, 5.41) is 6.82. The van der Waals surface area contributed by atoms with E-state index in [0.29, 0.717) is 12.2 Å². The van der Waals surface area contributed by atoms with Crippen LogP contribution in [0.2, 0.25) is 0 Å². The average Bonchev–Trinajstić information content (AvgIpc) is 3.10. The number of nitrogens with one attached hydrogen (secondary N) is 1. The number of halogens is 1. The molecule has 0 unspecified atom stereocenters. The van der Waals surface area contributed by atoms with Crippen LogP contribution in [0.4, 0.5) is 0 Å². The molecule has 31 heavy (non-hydrogen) atoms. The lowest BCUT2D eigenvalue weighted by atomic mass is 10.2. The summed E-state index contributed by atoms with van der Waals surface area (Å²) in [5.74, 6) is 0.328. The lowest BCUT2D eigenvalue weighted by molar-refractivity contribution is -0.122. The van der Waals surface area contributed by atoms with E-state index in [1.54, 1.807) is 31.4 Å². The first-order valence-corrected chi connectivity index (χ1v) is 10.1. The Morgan fingerprint density at radius 1 is 1.06 bits per heavy atom. The molecule has 0 atom stereocenters. The molecule has 0 aliphatic rings. The van der Waals surface area contributed by atoms with Gasteiger partial charge >= 0.3 is 11.2 Å². The molecular weight excluding hydrogens is 466 g/mol. The number of amides is 1. The topological polar surface area (TPSA) is 99.6 Å². The number of methoxy groups -OCH3 is 1. The number of carbonyl (C=O) groups is 1. The molecule has 0 bridgehead atoms. The van der Waals surface area contributed by atoms with Gasteiger partial charge in [-0.3, -0.25) is 14.2 Å². The molecule has 2 heterocycles. The molecule has 0 saturated heterocycles. The first kappa shape index (κ1) is 20.6. The van der Waals surface area contributed by atoms with Gasteiger partial charge in [-0.2, -0.15) is 0 Å². The van der Waals surface area contributed by atoms with Crippen molar-refractivity contribution in [3.8, 4) is 11.4 Å². The van der Waals surface area contributed by atoms with Crippen molar-refractivity contribution in [3.63, 3.8) is 0 Å². The third-order valence-electron chi connectivity index (χ3n) is 4.69. The lowest BCUT2D eigenvalue weighted by Gasteiger charge is -2.06. The highest BCUT2D eigenvalue weighted by Crippen LogP contribution is 2.13. The Balaban J connectivity index is 1.53. The van der Waals surface area contributed by atoms with Gasteiger partial charge in [0.15, 0.2) is 0 Å². The second kappa shape index (κ2) is 8.60. The number of hydrogen-bond donors (Lipinski definition) is 1. The molecular formula is C21H18BrN5O4. The van der Waals surface area contributed by atoms with Crippen LogP contribution in [0.5, 0.6) is 5.75 Å². The molecule has 1 N–H and O–H groups in total. The Hall–Kier alpha value is -3.66. The predicted octanol–water partition coefficient (Wildman–Crippen LogP) is 1.73. The van der Waals surface area contributed by atoms with Crippen molar-refractivity contribution < 1.29 is 9.53 Å². The summed E-state index contributed by atoms with van der Waals surface area (Å²) >= 11 is 3.35. The van der Waals surface area contributed by atoms with Gasteiger partial charge in [-0.1, -0.05) is 28.1 Å². The van der Waals surface area contributed by atoms with E-state index in [2.05, 4.69) is 26.3 Å². The maximum atomic E-state index is 12.8. The van der Waals surface area contributed by atoms with Crippen LogP contribution >= 0.6 is 15.9 Å². The fourth-order valence-corrected chi connectivity index (χ4v) is 3.32. The minimum absolute atomic E-state index is 0.0571. The Morgan fingerprint density at radius 2 is 1.77 bits per heavy atom. The van der Waals surface area contributed by atoms with E-state index in [4.69, 9.17) is 4.74 Å². The molecule has 0 fully saturated rings. The van der Waals surface area contributed by atoms with Crippen LogP contribution < -0.4 is 21.3 Å². The van der Waals surface area contributed by atoms with Crippen molar-refractivity contribution in [1.29, 1.82) is 0 Å². The van der Waals surface area contributed by atoms with E-state index in [1.807, 2.05) is 24.3 Å². The zero-order valence-electron chi connectivity index (χ0n) is 16.5. The van der Waals surface area contributed by atoms with Gasteiger partial charge in [0.25, 0.3) is 0 Å². The van der Waals surface area contributed by atoms with Gasteiger partial charge in [0.05, 0.1) is 7.11 Å². The highest BCUT2D eigenvalue weighted by atomic mass is 79.9. The first-order valence-electron chi connectivity index (χ1n) is 9.32. The number of carbonyl (C=O) groups excluding carboxylic acids is 1. The molecule has 158 valence electrons. The van der Waals surface area contributed by atoms with E-state index < -0.39 is 17.2 Å². The van der Waals surface area contributed by atoms with E-state index in [9.17, 15) is 14.4 Å². The third-order valence-corrected chi connectivity index (χ3v) is 5.22. The van der Waals surface area contributed by atoms with Crippen LogP contribution in [0.25, 0.3) is 11.3 Å². The number of nitrogens with zero attached hydrogens (tertiary/aromatic N) is 4. The van der Waals surface area contributed by atoms with Crippen molar-refractivity contribution in [2.75, 3.05) is 7.11 Å². The normalized spacial score (nSPS) is 10.9. The Morgan fingerprint density at radius 3 is 2.45 bits per heavy atom. The summed E-state index contributed by atoms with van der Waals surface area (Å²) in [5.41, 5.74) is 0.441. The fourth-order valence-electron chi connectivity index (χ4n) is 3.05. The monoisotopic (exact) mass is 483 g/mol. The van der Waals surface area contributed by atoms with E-state index in [-0.39, 0.29) is 12.2 Å². The van der Waals surface area contributed by atoms with E-state index in [0.717, 1.165) is 24.9 Å². The molecule has 9 nitrogen and oxygen atoms in total. The molecule has 0 aliphatic heterocycles. The molecule has 2 aromatic carbocycles. The van der Waals surface area contributed by atoms with Crippen LogP contribution in [-0.4, -0.2) is 31.8 Å². The highest BCUT2D eigenvalue weighted by molar-refractivity contribution is 9.10. The van der Waals surface area contributed by atoms with Gasteiger partial charge in [-0.25, -0.2) is 13.9 Å². The van der Waals surface area contributed by atoms with E-state index >= 15 is 0 Å². The van der Waals surface area contributed by atoms with Crippen LogP contribution in [0.3, 0.4) is 0 Å². The summed E-state index contributed by atoms with van der Waals surface area (Å²) in [7, 11) is 1.58. The maximum absolute atomic E-state index is 12.8. The van der Waals surface area contributed by atoms with E-state index in [1.165, 1.54) is 17.0 Å². The molecule has 10 heteroatoms. The molecule has 4 aromatic rings. The van der Waals surface area contributed by atoms with Gasteiger partial charge in [-0.05, 0) is 42.0 Å². The third kappa shape index (κ3) is 4.29. The van der Waals surface area contributed by atoms with Crippen molar-refractivity contribution in [3.05, 3.63) is 91.8 Å². The quantitative estimate of drug-likeness (QED) is 0.450. The zero-order chi connectivity index (χ0) is 22.0. The smallest absolute Gasteiger partial charge is 0.351 e. The number of ether oxygens (including phenoxy) is 1. The lowest BCUT2D eigenvalue weighted by Crippen LogP contribution is -2.32. The Labute approximate surface area is 184 Å². The fraction of sp³-hybridized carbons (Fsp3) is 0.143. The number of aromatic nitrogens is 4. The minimum Gasteiger partial charge on any atom is -0.497 e. The Bertz CT molecular complexity index is 1350. The predicted molar refractivity (Wildman–Crippen MR) is 118 cm³/mol. The first-order chi connectivity index (χ1) is 15.0. The summed E-state index contributed by atoms with van der Waals surface area (Å²) in [6.07, 6.45) is 2.95. The minimum atomic E-state index is -0.561. The summed E-state index contributed by atoms with van der Waals surface area (Å²) in [4.78, 5) is 37.7. The number of hydrogen-bond acceptors (Lipinski definition) is 5. The molecule has 2 aromatic heterocycles. The van der Waals surface area contributed by atoms with Crippen LogP contribution in [0.1, 0.15) is 5.56 Å². The largest absolute Gasteiger partial charge is 0.497 e. The standard InChI is InChI=1S/C21H18BrN5O4/c1-31-17-8-2-14(3-9-17)12-23-18(28)13-27-21(30)26-11-10-25(20(29)19(26)24-27)16-6-4-15(22)5-7-16/h2-11H,12-13H2,1H3,(H,23,28). The molecule has 1 amide bonds. The molecule has 0 radical (unpaired) electrons. The van der Waals surface area contributed by atoms with Crippen molar-refractivity contribution in [2.45, 2.75) is 13.1 Å². The summed E-state index contributed by atoms with van der Waals surface area (Å²) in [6, 6.07) is 14.4. The number of benzene rings is 2. The summed E-state index contributed by atoms with van der Waals surface area (Å²) in [6.45, 7) is -0.00425. The van der Waals surface area contributed by atoms with Crippen molar-refractivity contribution in [2.24, 2.45) is 0 Å². The van der Waals surface area contributed by atoms with Gasteiger partial charge < -0.3 is 10.1 Å². The highest BCUT2D eigenvalue weighted by Gasteiger charge is 2.15. The number of rotatable bonds is 6. The summed E-state index contributed by atoms with van der Waals surface area (Å²) < 4.78 is 9.49. The van der Waals surface area contributed by atoms with Gasteiger partial charge in [0.2, 0.25) is 11.6 Å². The van der Waals surface area contributed by atoms with Gasteiger partial charge in [0.1, 0.15) is 12.3 Å².